The first-order valence-electron chi connectivity index (χ1n) is 10.2. The maximum atomic E-state index is 13.4. The van der Waals surface area contributed by atoms with Crippen molar-refractivity contribution in [1.82, 2.24) is 9.88 Å². The summed E-state index contributed by atoms with van der Waals surface area (Å²) in [5, 5.41) is 0. The van der Waals surface area contributed by atoms with Gasteiger partial charge < -0.3 is 22.1 Å². The molecule has 0 unspecified atom stereocenters. The zero-order valence-electron chi connectivity index (χ0n) is 17.6. The molecule has 1 amide bonds. The molecule has 31 heavy (non-hydrogen) atoms. The Balaban J connectivity index is 2.75. The molecule has 0 spiro atoms. The van der Waals surface area contributed by atoms with Crippen LogP contribution in [0.15, 0.2) is 33.5 Å². The van der Waals surface area contributed by atoms with E-state index in [4.69, 9.17) is 17.2 Å². The van der Waals surface area contributed by atoms with Crippen LogP contribution in [-0.4, -0.2) is 52.6 Å². The first kappa shape index (κ1) is 24.7. The van der Waals surface area contributed by atoms with Gasteiger partial charge in [0.1, 0.15) is 5.94 Å². The molecule has 0 aliphatic heterocycles. The first-order valence-corrected chi connectivity index (χ1v) is 11.0. The number of aromatic nitrogens is 1. The SMILES string of the molecule is C[C@H](N)C(=O)N(C1CCCCC1)[C@](C=O)(C(=C=O)CCN=C(N)N)c1cncc(Br)c1. The lowest BCUT2D eigenvalue weighted by molar-refractivity contribution is -0.146. The van der Waals surface area contributed by atoms with Gasteiger partial charge >= 0.3 is 0 Å². The number of aliphatic imine (C=N–C) groups is 1. The number of nitrogens with two attached hydrogens (primary N) is 3. The molecular formula is C21H29BrN6O3. The summed E-state index contributed by atoms with van der Waals surface area (Å²) in [6.45, 7) is 1.63. The van der Waals surface area contributed by atoms with Gasteiger partial charge in [-0.15, -0.1) is 0 Å². The maximum absolute atomic E-state index is 13.4. The van der Waals surface area contributed by atoms with Gasteiger partial charge in [0.2, 0.25) is 5.91 Å². The van der Waals surface area contributed by atoms with Crippen molar-refractivity contribution in [2.24, 2.45) is 22.2 Å². The van der Waals surface area contributed by atoms with E-state index in [2.05, 4.69) is 25.9 Å². The van der Waals surface area contributed by atoms with Gasteiger partial charge in [0, 0.05) is 41.4 Å². The summed E-state index contributed by atoms with van der Waals surface area (Å²) >= 11 is 3.37. The summed E-state index contributed by atoms with van der Waals surface area (Å²) in [6, 6.07) is 0.540. The van der Waals surface area contributed by atoms with Crippen LogP contribution >= 0.6 is 15.9 Å². The number of hydrogen-bond acceptors (Lipinski definition) is 6. The van der Waals surface area contributed by atoms with Crippen LogP contribution < -0.4 is 17.2 Å². The number of halogens is 1. The van der Waals surface area contributed by atoms with Gasteiger partial charge in [-0.1, -0.05) is 19.3 Å². The average molecular weight is 493 g/mol. The largest absolute Gasteiger partial charge is 0.370 e. The standard InChI is InChI=1S/C21H29BrN6O3/c1-14(23)19(31)28(18-5-3-2-4-6-18)21(13-30,16-9-17(22)11-26-10-16)15(12-29)7-8-27-20(24)25/h9-11,13-14,18H,2-8,23H2,1H3,(H4,24,25,27)/t14-,21+/m0/s1. The molecule has 1 aliphatic carbocycles. The molecule has 1 aromatic heterocycles. The maximum Gasteiger partial charge on any atom is 0.240 e. The summed E-state index contributed by atoms with van der Waals surface area (Å²) in [7, 11) is 0. The minimum absolute atomic E-state index is 0.0299. The number of nitrogens with zero attached hydrogens (tertiary/aromatic N) is 3. The minimum Gasteiger partial charge on any atom is -0.370 e. The van der Waals surface area contributed by atoms with E-state index in [0.717, 1.165) is 19.3 Å². The fraction of sp³-hybridized carbons (Fsp3) is 0.524. The number of hydrogen-bond donors (Lipinski definition) is 3. The zero-order valence-corrected chi connectivity index (χ0v) is 19.2. The van der Waals surface area contributed by atoms with Crippen molar-refractivity contribution in [2.75, 3.05) is 6.54 Å². The molecule has 0 radical (unpaired) electrons. The van der Waals surface area contributed by atoms with Gasteiger partial charge in [-0.3, -0.25) is 19.6 Å². The van der Waals surface area contributed by atoms with E-state index in [1.807, 2.05) is 5.94 Å². The molecule has 2 atom stereocenters. The van der Waals surface area contributed by atoms with Gasteiger partial charge in [-0.05, 0) is 41.8 Å². The Kier molecular flexibility index (Phi) is 8.91. The Morgan fingerprint density at radius 3 is 2.58 bits per heavy atom. The predicted octanol–water partition coefficient (Wildman–Crippen LogP) is 1.17. The molecule has 168 valence electrons. The van der Waals surface area contributed by atoms with Crippen LogP contribution in [0.5, 0.6) is 0 Å². The molecule has 0 saturated heterocycles. The monoisotopic (exact) mass is 492 g/mol. The summed E-state index contributed by atoms with van der Waals surface area (Å²) < 4.78 is 0.600. The van der Waals surface area contributed by atoms with E-state index >= 15 is 0 Å². The summed E-state index contributed by atoms with van der Waals surface area (Å²) in [5.74, 6) is 1.35. The van der Waals surface area contributed by atoms with Crippen LogP contribution in [-0.2, 0) is 19.9 Å². The third-order valence-electron chi connectivity index (χ3n) is 5.50. The minimum atomic E-state index is -1.72. The highest BCUT2D eigenvalue weighted by atomic mass is 79.9. The molecule has 10 heteroatoms. The van der Waals surface area contributed by atoms with Crippen LogP contribution in [0.25, 0.3) is 0 Å². The molecule has 1 aliphatic rings. The van der Waals surface area contributed by atoms with Gasteiger partial charge in [-0.25, -0.2) is 4.79 Å². The highest BCUT2D eigenvalue weighted by Crippen LogP contribution is 2.40. The molecule has 0 aromatic carbocycles. The highest BCUT2D eigenvalue weighted by molar-refractivity contribution is 9.10. The summed E-state index contributed by atoms with van der Waals surface area (Å²) in [5.41, 5.74) is 15.5. The lowest BCUT2D eigenvalue weighted by atomic mass is 9.78. The number of pyridine rings is 1. The Morgan fingerprint density at radius 1 is 1.39 bits per heavy atom. The Bertz CT molecular complexity index is 874. The van der Waals surface area contributed by atoms with Crippen molar-refractivity contribution in [2.45, 2.75) is 63.1 Å². The zero-order chi connectivity index (χ0) is 23.0. The molecular weight excluding hydrogens is 464 g/mol. The number of amides is 1. The molecule has 1 saturated carbocycles. The fourth-order valence-electron chi connectivity index (χ4n) is 4.09. The number of carbonyl (C=O) groups excluding carboxylic acids is 3. The van der Waals surface area contributed by atoms with E-state index in [9.17, 15) is 14.4 Å². The molecule has 1 heterocycles. The molecule has 9 nitrogen and oxygen atoms in total. The van der Waals surface area contributed by atoms with E-state index in [-0.39, 0.29) is 30.5 Å². The highest BCUT2D eigenvalue weighted by Gasteiger charge is 2.49. The fourth-order valence-corrected chi connectivity index (χ4v) is 4.46. The van der Waals surface area contributed by atoms with Crippen molar-refractivity contribution < 1.29 is 14.4 Å². The smallest absolute Gasteiger partial charge is 0.240 e. The Labute approximate surface area is 190 Å². The quantitative estimate of drug-likeness (QED) is 0.202. The van der Waals surface area contributed by atoms with E-state index in [1.165, 1.54) is 11.1 Å². The topological polar surface area (TPSA) is 158 Å². The number of rotatable bonds is 9. The van der Waals surface area contributed by atoms with Crippen LogP contribution in [0.1, 0.15) is 51.0 Å². The van der Waals surface area contributed by atoms with E-state index in [1.54, 1.807) is 19.2 Å². The normalized spacial score (nSPS) is 17.0. The first-order chi connectivity index (χ1) is 14.8. The lowest BCUT2D eigenvalue weighted by Crippen LogP contribution is -2.60. The van der Waals surface area contributed by atoms with Crippen molar-refractivity contribution in [3.63, 3.8) is 0 Å². The second-order valence-electron chi connectivity index (χ2n) is 7.70. The van der Waals surface area contributed by atoms with Gasteiger partial charge in [0.25, 0.3) is 0 Å². The van der Waals surface area contributed by atoms with Gasteiger partial charge in [0.15, 0.2) is 17.8 Å². The van der Waals surface area contributed by atoms with Crippen molar-refractivity contribution in [3.8, 4) is 0 Å². The molecule has 2 rings (SSSR count). The van der Waals surface area contributed by atoms with Crippen molar-refractivity contribution in [3.05, 3.63) is 34.1 Å². The van der Waals surface area contributed by atoms with Crippen LogP contribution in [0.4, 0.5) is 0 Å². The lowest BCUT2D eigenvalue weighted by Gasteiger charge is -2.47. The third kappa shape index (κ3) is 5.58. The summed E-state index contributed by atoms with van der Waals surface area (Å²) in [6.07, 6.45) is 7.95. The average Bonchev–Trinajstić information content (AvgIpc) is 2.75. The predicted molar refractivity (Wildman–Crippen MR) is 122 cm³/mol. The summed E-state index contributed by atoms with van der Waals surface area (Å²) in [4.78, 5) is 48.1. The second kappa shape index (κ2) is 11.2. The molecule has 1 fully saturated rings. The van der Waals surface area contributed by atoms with E-state index in [0.29, 0.717) is 29.2 Å². The van der Waals surface area contributed by atoms with Gasteiger partial charge in [-0.2, -0.15) is 0 Å². The van der Waals surface area contributed by atoms with Gasteiger partial charge in [0.05, 0.1) is 11.6 Å². The number of carbonyl (C=O) groups is 2. The second-order valence-corrected chi connectivity index (χ2v) is 8.62. The number of aldehydes is 1. The third-order valence-corrected chi connectivity index (χ3v) is 5.94. The number of guanidine groups is 1. The van der Waals surface area contributed by atoms with Crippen LogP contribution in [0.2, 0.25) is 0 Å². The van der Waals surface area contributed by atoms with Crippen LogP contribution in [0.3, 0.4) is 0 Å². The molecule has 1 aromatic rings. The van der Waals surface area contributed by atoms with E-state index < -0.39 is 17.5 Å². The molecule has 0 bridgehead atoms. The molecule has 6 N–H and O–H groups in total. The van der Waals surface area contributed by atoms with Crippen molar-refractivity contribution in [1.29, 1.82) is 0 Å². The van der Waals surface area contributed by atoms with Crippen molar-refractivity contribution >= 4 is 40.0 Å². The Hall–Kier alpha value is -2.55. The van der Waals surface area contributed by atoms with Crippen LogP contribution in [0, 0.1) is 0 Å². The Morgan fingerprint density at radius 2 is 2.06 bits per heavy atom.